The van der Waals surface area contributed by atoms with Crippen molar-refractivity contribution in [3.05, 3.63) is 52.4 Å². The minimum absolute atomic E-state index is 0.201. The van der Waals surface area contributed by atoms with Crippen molar-refractivity contribution in [1.29, 1.82) is 0 Å². The van der Waals surface area contributed by atoms with Crippen molar-refractivity contribution in [1.82, 2.24) is 9.97 Å². The van der Waals surface area contributed by atoms with E-state index in [2.05, 4.69) is 9.97 Å². The lowest BCUT2D eigenvalue weighted by Crippen LogP contribution is -2.07. The summed E-state index contributed by atoms with van der Waals surface area (Å²) in [5.41, 5.74) is 0.568. The van der Waals surface area contributed by atoms with E-state index < -0.39 is 6.10 Å². The minimum atomic E-state index is -0.648. The lowest BCUT2D eigenvalue weighted by Gasteiger charge is -2.11. The van der Waals surface area contributed by atoms with E-state index in [0.717, 1.165) is 5.56 Å². The maximum Gasteiger partial charge on any atom is 0.251 e. The Bertz CT molecular complexity index is 600. The van der Waals surface area contributed by atoms with Gasteiger partial charge < -0.3 is 14.8 Å². The van der Waals surface area contributed by atoms with E-state index in [-0.39, 0.29) is 5.56 Å². The summed E-state index contributed by atoms with van der Waals surface area (Å²) in [5.74, 6) is 1.10. The van der Waals surface area contributed by atoms with Crippen LogP contribution in [0, 0.1) is 0 Å². The zero-order valence-electron chi connectivity index (χ0n) is 10.4. The predicted octanol–water partition coefficient (Wildman–Crippen LogP) is 1.60. The molecule has 1 heterocycles. The van der Waals surface area contributed by atoms with Crippen LogP contribution in [0.15, 0.2) is 46.5 Å². The lowest BCUT2D eigenvalue weighted by atomic mass is 10.1. The summed E-state index contributed by atoms with van der Waals surface area (Å²) in [7, 11) is 1.58. The van der Waals surface area contributed by atoms with Gasteiger partial charge in [-0.15, -0.1) is 0 Å². The molecular weight excluding hydrogens is 264 g/mol. The highest BCUT2D eigenvalue weighted by Crippen LogP contribution is 2.24. The minimum Gasteiger partial charge on any atom is -0.497 e. The van der Waals surface area contributed by atoms with Crippen LogP contribution in [0.25, 0.3) is 0 Å². The van der Waals surface area contributed by atoms with E-state index >= 15 is 0 Å². The molecule has 5 nitrogen and oxygen atoms in total. The average molecular weight is 278 g/mol. The summed E-state index contributed by atoms with van der Waals surface area (Å²) in [6.07, 6.45) is 0.796. The standard InChI is InChI=1S/C13H14N2O3S/c1-18-10-4-2-3-9(7-10)11(16)8-19-13-14-6-5-12(17)15-13/h2-7,11,16H,8H2,1H3,(H,14,15,17). The van der Waals surface area contributed by atoms with Gasteiger partial charge in [0.2, 0.25) is 0 Å². The molecule has 2 N–H and O–H groups in total. The monoisotopic (exact) mass is 278 g/mol. The number of aliphatic hydroxyl groups is 1. The second-order valence-electron chi connectivity index (χ2n) is 3.84. The molecule has 0 saturated carbocycles. The normalized spacial score (nSPS) is 12.1. The predicted molar refractivity (Wildman–Crippen MR) is 73.5 cm³/mol. The summed E-state index contributed by atoms with van der Waals surface area (Å²) in [6.45, 7) is 0. The number of rotatable bonds is 5. The molecule has 100 valence electrons. The molecule has 19 heavy (non-hydrogen) atoms. The summed E-state index contributed by atoms with van der Waals surface area (Å²) in [4.78, 5) is 17.7. The fourth-order valence-electron chi connectivity index (χ4n) is 1.53. The number of hydrogen-bond acceptors (Lipinski definition) is 5. The molecule has 2 aromatic rings. The van der Waals surface area contributed by atoms with Gasteiger partial charge in [-0.2, -0.15) is 0 Å². The summed E-state index contributed by atoms with van der Waals surface area (Å²) in [6, 6.07) is 8.61. The molecule has 0 spiro atoms. The Morgan fingerprint density at radius 3 is 3.05 bits per heavy atom. The first-order valence-electron chi connectivity index (χ1n) is 5.69. The number of aromatic nitrogens is 2. The van der Waals surface area contributed by atoms with Gasteiger partial charge in [-0.05, 0) is 17.7 Å². The second-order valence-corrected chi connectivity index (χ2v) is 4.85. The molecular formula is C13H14N2O3S. The van der Waals surface area contributed by atoms with Crippen molar-refractivity contribution < 1.29 is 9.84 Å². The average Bonchev–Trinajstić information content (AvgIpc) is 2.45. The van der Waals surface area contributed by atoms with Gasteiger partial charge in [-0.1, -0.05) is 23.9 Å². The Labute approximate surface area is 114 Å². The Morgan fingerprint density at radius 2 is 2.32 bits per heavy atom. The number of hydrogen-bond donors (Lipinski definition) is 2. The first-order chi connectivity index (χ1) is 9.19. The van der Waals surface area contributed by atoms with Crippen LogP contribution in [-0.4, -0.2) is 27.9 Å². The van der Waals surface area contributed by atoms with E-state index in [1.165, 1.54) is 24.0 Å². The topological polar surface area (TPSA) is 75.2 Å². The zero-order chi connectivity index (χ0) is 13.7. The van der Waals surface area contributed by atoms with Crippen LogP contribution in [0.1, 0.15) is 11.7 Å². The van der Waals surface area contributed by atoms with E-state index in [9.17, 15) is 9.90 Å². The number of aromatic amines is 1. The molecule has 0 amide bonds. The molecule has 1 unspecified atom stereocenters. The van der Waals surface area contributed by atoms with E-state index in [1.807, 2.05) is 18.2 Å². The summed E-state index contributed by atoms with van der Waals surface area (Å²) in [5, 5.41) is 10.6. The number of H-pyrrole nitrogens is 1. The van der Waals surface area contributed by atoms with E-state index in [4.69, 9.17) is 4.74 Å². The molecule has 2 rings (SSSR count). The van der Waals surface area contributed by atoms with Gasteiger partial charge in [-0.3, -0.25) is 4.79 Å². The fraction of sp³-hybridized carbons (Fsp3) is 0.231. The van der Waals surface area contributed by atoms with Crippen LogP contribution in [0.2, 0.25) is 0 Å². The van der Waals surface area contributed by atoms with Crippen LogP contribution in [0.3, 0.4) is 0 Å². The second kappa shape index (κ2) is 6.40. The van der Waals surface area contributed by atoms with Crippen molar-refractivity contribution >= 4 is 11.8 Å². The molecule has 0 radical (unpaired) electrons. The Balaban J connectivity index is 2.00. The van der Waals surface area contributed by atoms with Gasteiger partial charge in [0.15, 0.2) is 5.16 Å². The molecule has 1 atom stereocenters. The zero-order valence-corrected chi connectivity index (χ0v) is 11.2. The SMILES string of the molecule is COc1cccc(C(O)CSc2nccc(=O)[nH]2)c1. The molecule has 6 heteroatoms. The van der Waals surface area contributed by atoms with Crippen molar-refractivity contribution in [3.8, 4) is 5.75 Å². The first-order valence-corrected chi connectivity index (χ1v) is 6.68. The first kappa shape index (κ1) is 13.6. The largest absolute Gasteiger partial charge is 0.497 e. The van der Waals surface area contributed by atoms with Gasteiger partial charge in [0.25, 0.3) is 5.56 Å². The maximum atomic E-state index is 11.1. The molecule has 1 aromatic carbocycles. The van der Waals surface area contributed by atoms with Crippen LogP contribution in [0.5, 0.6) is 5.75 Å². The maximum absolute atomic E-state index is 11.1. The van der Waals surface area contributed by atoms with Crippen LogP contribution < -0.4 is 10.3 Å². The quantitative estimate of drug-likeness (QED) is 0.642. The molecule has 0 aliphatic carbocycles. The number of aliphatic hydroxyl groups excluding tert-OH is 1. The van der Waals surface area contributed by atoms with Crippen LogP contribution in [-0.2, 0) is 0 Å². The van der Waals surface area contributed by atoms with Gasteiger partial charge in [-0.25, -0.2) is 4.98 Å². The highest BCUT2D eigenvalue weighted by atomic mass is 32.2. The van der Waals surface area contributed by atoms with Gasteiger partial charge >= 0.3 is 0 Å². The third-order valence-corrected chi connectivity index (χ3v) is 3.47. The van der Waals surface area contributed by atoms with Crippen LogP contribution in [0.4, 0.5) is 0 Å². The van der Waals surface area contributed by atoms with Crippen molar-refractivity contribution in [3.63, 3.8) is 0 Å². The Kier molecular flexibility index (Phi) is 4.59. The number of nitrogens with one attached hydrogen (secondary N) is 1. The van der Waals surface area contributed by atoms with E-state index in [0.29, 0.717) is 16.7 Å². The molecule has 0 aliphatic rings. The Morgan fingerprint density at radius 1 is 1.47 bits per heavy atom. The molecule has 0 bridgehead atoms. The van der Waals surface area contributed by atoms with Crippen LogP contribution >= 0.6 is 11.8 Å². The fourth-order valence-corrected chi connectivity index (χ4v) is 2.34. The highest BCUT2D eigenvalue weighted by Gasteiger charge is 2.10. The smallest absolute Gasteiger partial charge is 0.251 e. The third-order valence-electron chi connectivity index (χ3n) is 2.50. The van der Waals surface area contributed by atoms with Gasteiger partial charge in [0.05, 0.1) is 13.2 Å². The number of benzene rings is 1. The van der Waals surface area contributed by atoms with E-state index in [1.54, 1.807) is 13.2 Å². The summed E-state index contributed by atoms with van der Waals surface area (Å²) < 4.78 is 5.11. The van der Waals surface area contributed by atoms with Gasteiger partial charge in [0.1, 0.15) is 5.75 Å². The number of thioether (sulfide) groups is 1. The highest BCUT2D eigenvalue weighted by molar-refractivity contribution is 7.99. The number of nitrogens with zero attached hydrogens (tertiary/aromatic N) is 1. The lowest BCUT2D eigenvalue weighted by molar-refractivity contribution is 0.203. The molecule has 0 saturated heterocycles. The van der Waals surface area contributed by atoms with Crippen molar-refractivity contribution in [2.24, 2.45) is 0 Å². The molecule has 1 aromatic heterocycles. The van der Waals surface area contributed by atoms with Crippen molar-refractivity contribution in [2.45, 2.75) is 11.3 Å². The Hall–Kier alpha value is -1.79. The number of ether oxygens (including phenoxy) is 1. The summed E-state index contributed by atoms with van der Waals surface area (Å²) >= 11 is 1.29. The van der Waals surface area contributed by atoms with Crippen molar-refractivity contribution in [2.75, 3.05) is 12.9 Å². The molecule has 0 fully saturated rings. The molecule has 0 aliphatic heterocycles. The number of methoxy groups -OCH3 is 1. The van der Waals surface area contributed by atoms with Gasteiger partial charge in [0, 0.05) is 18.0 Å². The third kappa shape index (κ3) is 3.84.